The van der Waals surface area contributed by atoms with E-state index >= 15 is 0 Å². The molecule has 0 fully saturated rings. The zero-order valence-electron chi connectivity index (χ0n) is 26.4. The second-order valence-electron chi connectivity index (χ2n) is 10.1. The van der Waals surface area contributed by atoms with Crippen LogP contribution in [-0.4, -0.2) is 60.0 Å². The van der Waals surface area contributed by atoms with Gasteiger partial charge in [0.25, 0.3) is 0 Å². The molecule has 0 bridgehead atoms. The van der Waals surface area contributed by atoms with E-state index in [0.717, 1.165) is 44.5 Å². The molecule has 1 aliphatic heterocycles. The minimum absolute atomic E-state index is 0.165. The third-order valence-corrected chi connectivity index (χ3v) is 8.63. The van der Waals surface area contributed by atoms with Gasteiger partial charge in [-0.05, 0) is 76.3 Å². The van der Waals surface area contributed by atoms with E-state index in [2.05, 4.69) is 20.5 Å². The van der Waals surface area contributed by atoms with Gasteiger partial charge in [-0.15, -0.1) is 0 Å². The average molecular weight is 683 g/mol. The van der Waals surface area contributed by atoms with Crippen molar-refractivity contribution in [2.24, 2.45) is 0 Å². The molecule has 1 aliphatic rings. The summed E-state index contributed by atoms with van der Waals surface area (Å²) >= 11 is 3.94. The third-order valence-electron chi connectivity index (χ3n) is 7.81. The second-order valence-corrected chi connectivity index (χ2v) is 10.9. The largest absolute Gasteiger partial charge is 0.513 e. The summed E-state index contributed by atoms with van der Waals surface area (Å²) < 4.78 is 47.7. The number of aromatic nitrogens is 1. The Morgan fingerprint density at radius 3 is 1.93 bits per heavy atom. The topological polar surface area (TPSA) is 95.8 Å². The standard InChI is InChI=1S/C34H36BrNO9/c1-8-44-34(37)45-25-18-30(43-7)29(42-6)17-22(25)31-23(13-19-9-10-24(38-2)26(14-19)39-3)32-21-16-28(41-5)27(40-4)15-20(21)11-12-36(32)33(31)35/h9-10,14-18H,8,11-13H2,1-7H3. The summed E-state index contributed by atoms with van der Waals surface area (Å²) in [6.07, 6.45) is 0.440. The SMILES string of the molecule is CCOC(=O)Oc1cc(OC)c(OC)cc1-c1c(Cc2ccc(OC)c(OC)c2)c2n(c1Br)CCc1cc(OC)c(OC)cc1-2. The Hall–Kier alpha value is -4.51. The van der Waals surface area contributed by atoms with Crippen LogP contribution in [0, 0.1) is 0 Å². The molecule has 0 spiro atoms. The molecule has 0 amide bonds. The summed E-state index contributed by atoms with van der Waals surface area (Å²) in [5.74, 6) is 3.69. The highest BCUT2D eigenvalue weighted by atomic mass is 79.9. The molecule has 11 heteroatoms. The van der Waals surface area contributed by atoms with Crippen molar-refractivity contribution in [3.05, 3.63) is 63.8 Å². The number of ether oxygens (including phenoxy) is 8. The van der Waals surface area contributed by atoms with Crippen LogP contribution in [0.3, 0.4) is 0 Å². The molecule has 1 aromatic heterocycles. The Morgan fingerprint density at radius 1 is 0.733 bits per heavy atom. The highest BCUT2D eigenvalue weighted by Crippen LogP contribution is 2.51. The van der Waals surface area contributed by atoms with Gasteiger partial charge in [-0.3, -0.25) is 0 Å². The van der Waals surface area contributed by atoms with Gasteiger partial charge in [0.05, 0.1) is 59.6 Å². The summed E-state index contributed by atoms with van der Waals surface area (Å²) in [7, 11) is 9.57. The predicted octanol–water partition coefficient (Wildman–Crippen LogP) is 7.32. The summed E-state index contributed by atoms with van der Waals surface area (Å²) in [6, 6.07) is 13.3. The molecule has 5 rings (SSSR count). The van der Waals surface area contributed by atoms with Crippen molar-refractivity contribution in [3.63, 3.8) is 0 Å². The molecular weight excluding hydrogens is 646 g/mol. The monoisotopic (exact) mass is 681 g/mol. The predicted molar refractivity (Wildman–Crippen MR) is 173 cm³/mol. The van der Waals surface area contributed by atoms with Crippen LogP contribution >= 0.6 is 15.9 Å². The number of rotatable bonds is 11. The number of methoxy groups -OCH3 is 6. The summed E-state index contributed by atoms with van der Waals surface area (Å²) in [4.78, 5) is 12.6. The number of hydrogen-bond acceptors (Lipinski definition) is 9. The first-order valence-electron chi connectivity index (χ1n) is 14.3. The average Bonchev–Trinajstić information content (AvgIpc) is 3.34. The maximum Gasteiger partial charge on any atom is 0.513 e. The van der Waals surface area contributed by atoms with Crippen molar-refractivity contribution in [1.29, 1.82) is 0 Å². The first kappa shape index (κ1) is 31.9. The van der Waals surface area contributed by atoms with Gasteiger partial charge in [0.2, 0.25) is 0 Å². The zero-order chi connectivity index (χ0) is 32.2. The maximum atomic E-state index is 12.6. The molecular formula is C34H36BrNO9. The minimum Gasteiger partial charge on any atom is -0.493 e. The smallest absolute Gasteiger partial charge is 0.493 e. The van der Waals surface area contributed by atoms with E-state index in [1.165, 1.54) is 7.11 Å². The van der Waals surface area contributed by atoms with E-state index in [4.69, 9.17) is 37.9 Å². The highest BCUT2D eigenvalue weighted by molar-refractivity contribution is 9.10. The van der Waals surface area contributed by atoms with Gasteiger partial charge in [-0.25, -0.2) is 4.79 Å². The van der Waals surface area contributed by atoms with Crippen molar-refractivity contribution in [1.82, 2.24) is 4.57 Å². The fraction of sp³-hybridized carbons (Fsp3) is 0.324. The van der Waals surface area contributed by atoms with Gasteiger partial charge in [0.1, 0.15) is 5.75 Å². The molecule has 45 heavy (non-hydrogen) atoms. The summed E-state index contributed by atoms with van der Waals surface area (Å²) in [6.45, 7) is 2.58. The molecule has 3 aromatic carbocycles. The number of benzene rings is 3. The lowest BCUT2D eigenvalue weighted by Crippen LogP contribution is -2.12. The highest BCUT2D eigenvalue weighted by Gasteiger charge is 2.32. The van der Waals surface area contributed by atoms with E-state index in [0.29, 0.717) is 53.0 Å². The number of nitrogens with zero attached hydrogens (tertiary/aromatic N) is 1. The van der Waals surface area contributed by atoms with E-state index in [1.54, 1.807) is 48.5 Å². The molecule has 2 heterocycles. The number of carbonyl (C=O) groups excluding carboxylic acids is 1. The quantitative estimate of drug-likeness (QED) is 0.119. The van der Waals surface area contributed by atoms with Crippen molar-refractivity contribution >= 4 is 22.1 Å². The fourth-order valence-electron chi connectivity index (χ4n) is 5.76. The van der Waals surface area contributed by atoms with Gasteiger partial charge in [0, 0.05) is 35.7 Å². The van der Waals surface area contributed by atoms with Gasteiger partial charge in [0.15, 0.2) is 34.5 Å². The molecule has 0 radical (unpaired) electrons. The van der Waals surface area contributed by atoms with Gasteiger partial charge in [-0.2, -0.15) is 0 Å². The molecule has 0 aliphatic carbocycles. The van der Waals surface area contributed by atoms with E-state index in [-0.39, 0.29) is 12.4 Å². The van der Waals surface area contributed by atoms with E-state index in [1.807, 2.05) is 36.4 Å². The fourth-order valence-corrected chi connectivity index (χ4v) is 6.56. The second kappa shape index (κ2) is 13.6. The first-order chi connectivity index (χ1) is 21.8. The minimum atomic E-state index is -0.824. The molecule has 238 valence electrons. The Kier molecular flexibility index (Phi) is 9.67. The number of hydrogen-bond donors (Lipinski definition) is 0. The lowest BCUT2D eigenvalue weighted by molar-refractivity contribution is 0.104. The van der Waals surface area contributed by atoms with Crippen molar-refractivity contribution in [3.8, 4) is 62.6 Å². The Morgan fingerprint density at radius 2 is 1.31 bits per heavy atom. The van der Waals surface area contributed by atoms with Crippen molar-refractivity contribution < 1.29 is 42.7 Å². The number of carbonyl (C=O) groups is 1. The van der Waals surface area contributed by atoms with Gasteiger partial charge >= 0.3 is 6.16 Å². The van der Waals surface area contributed by atoms with Crippen LogP contribution in [0.25, 0.3) is 22.4 Å². The Balaban J connectivity index is 1.83. The number of aryl methyl sites for hydroxylation is 1. The first-order valence-corrected chi connectivity index (χ1v) is 15.1. The van der Waals surface area contributed by atoms with E-state index in [9.17, 15) is 4.79 Å². The molecule has 0 saturated heterocycles. The molecule has 4 aromatic rings. The summed E-state index contributed by atoms with van der Waals surface area (Å²) in [5, 5.41) is 0. The van der Waals surface area contributed by atoms with Crippen LogP contribution in [-0.2, 0) is 24.1 Å². The van der Waals surface area contributed by atoms with E-state index < -0.39 is 6.16 Å². The summed E-state index contributed by atoms with van der Waals surface area (Å²) in [5.41, 5.74) is 6.52. The molecule has 0 N–H and O–H groups in total. The van der Waals surface area contributed by atoms with Gasteiger partial charge < -0.3 is 42.5 Å². The van der Waals surface area contributed by atoms with Crippen molar-refractivity contribution in [2.45, 2.75) is 26.3 Å². The molecule has 0 saturated carbocycles. The number of halogens is 1. The molecule has 0 atom stereocenters. The maximum absolute atomic E-state index is 12.6. The number of fused-ring (bicyclic) bond motifs is 3. The molecule has 10 nitrogen and oxygen atoms in total. The Bertz CT molecular complexity index is 1730. The van der Waals surface area contributed by atoms with Crippen LogP contribution in [0.4, 0.5) is 4.79 Å². The van der Waals surface area contributed by atoms with Crippen molar-refractivity contribution in [2.75, 3.05) is 49.3 Å². The van der Waals surface area contributed by atoms with Crippen LogP contribution in [0.1, 0.15) is 23.6 Å². The van der Waals surface area contributed by atoms with Gasteiger partial charge in [-0.1, -0.05) is 6.07 Å². The lowest BCUT2D eigenvalue weighted by atomic mass is 9.90. The normalized spacial score (nSPS) is 11.6. The van der Waals surface area contributed by atoms with Crippen LogP contribution in [0.15, 0.2) is 47.1 Å². The Labute approximate surface area is 270 Å². The zero-order valence-corrected chi connectivity index (χ0v) is 28.0. The van der Waals surface area contributed by atoms with Crippen LogP contribution < -0.4 is 33.2 Å². The van der Waals surface area contributed by atoms with Crippen LogP contribution in [0.5, 0.6) is 40.2 Å². The third kappa shape index (κ3) is 5.96. The lowest BCUT2D eigenvalue weighted by Gasteiger charge is -2.23. The van der Waals surface area contributed by atoms with Crippen LogP contribution in [0.2, 0.25) is 0 Å². The molecule has 0 unspecified atom stereocenters.